The molecule has 5 heteroatoms. The van der Waals surface area contributed by atoms with Gasteiger partial charge in [-0.1, -0.05) is 35.5 Å². The Balaban J connectivity index is 1.89. The molecular weight excluding hydrogens is 232 g/mol. The molecule has 0 aliphatic carbocycles. The second kappa shape index (κ2) is 5.95. The summed E-state index contributed by atoms with van der Waals surface area (Å²) < 4.78 is 9.49. The zero-order valence-corrected chi connectivity index (χ0v) is 10.1. The van der Waals surface area contributed by atoms with Crippen LogP contribution in [0.15, 0.2) is 34.9 Å². The highest BCUT2D eigenvalue weighted by atomic mass is 16.5. The lowest BCUT2D eigenvalue weighted by Gasteiger charge is -1.96. The maximum absolute atomic E-state index is 11.0. The summed E-state index contributed by atoms with van der Waals surface area (Å²) in [7, 11) is 1.33. The van der Waals surface area contributed by atoms with Gasteiger partial charge in [-0.25, -0.2) is 0 Å². The molecule has 2 rings (SSSR count). The molecule has 0 spiro atoms. The van der Waals surface area contributed by atoms with Crippen molar-refractivity contribution in [1.29, 1.82) is 0 Å². The van der Waals surface area contributed by atoms with Crippen molar-refractivity contribution in [2.75, 3.05) is 7.11 Å². The normalized spacial score (nSPS) is 10.3. The summed E-state index contributed by atoms with van der Waals surface area (Å²) in [6.45, 7) is 0. The standard InChI is InChI=1S/C13H14N2O3/c1-17-13(16)9-12-14-11(15-18-12)8-7-10-5-3-2-4-6-10/h2-6H,7-9H2,1H3. The molecule has 1 aromatic heterocycles. The highest BCUT2D eigenvalue weighted by Gasteiger charge is 2.11. The van der Waals surface area contributed by atoms with Gasteiger partial charge in [0.25, 0.3) is 0 Å². The summed E-state index contributed by atoms with van der Waals surface area (Å²) in [5.41, 5.74) is 1.22. The molecule has 0 aliphatic heterocycles. The Morgan fingerprint density at radius 3 is 2.78 bits per heavy atom. The van der Waals surface area contributed by atoms with Gasteiger partial charge in [-0.3, -0.25) is 4.79 Å². The van der Waals surface area contributed by atoms with Crippen molar-refractivity contribution in [3.8, 4) is 0 Å². The number of carbonyl (C=O) groups is 1. The Kier molecular flexibility index (Phi) is 4.06. The summed E-state index contributed by atoms with van der Waals surface area (Å²) in [4.78, 5) is 15.2. The van der Waals surface area contributed by atoms with Crippen molar-refractivity contribution in [3.63, 3.8) is 0 Å². The number of nitrogens with zero attached hydrogens (tertiary/aromatic N) is 2. The first kappa shape index (κ1) is 12.3. The van der Waals surface area contributed by atoms with Crippen LogP contribution in [0, 0.1) is 0 Å². The number of benzene rings is 1. The fraction of sp³-hybridized carbons (Fsp3) is 0.308. The van der Waals surface area contributed by atoms with Crippen molar-refractivity contribution in [2.45, 2.75) is 19.3 Å². The third kappa shape index (κ3) is 3.41. The van der Waals surface area contributed by atoms with Crippen LogP contribution in [0.5, 0.6) is 0 Å². The van der Waals surface area contributed by atoms with E-state index in [1.807, 2.05) is 18.2 Å². The van der Waals surface area contributed by atoms with Crippen LogP contribution in [0.1, 0.15) is 17.3 Å². The van der Waals surface area contributed by atoms with Crippen molar-refractivity contribution in [3.05, 3.63) is 47.6 Å². The molecule has 0 unspecified atom stereocenters. The van der Waals surface area contributed by atoms with Gasteiger partial charge in [-0.15, -0.1) is 0 Å². The van der Waals surface area contributed by atoms with Crippen LogP contribution in [0.2, 0.25) is 0 Å². The zero-order chi connectivity index (χ0) is 12.8. The predicted octanol–water partition coefficient (Wildman–Crippen LogP) is 1.57. The van der Waals surface area contributed by atoms with E-state index in [0.29, 0.717) is 18.1 Å². The molecule has 0 N–H and O–H groups in total. The summed E-state index contributed by atoms with van der Waals surface area (Å²) in [6.07, 6.45) is 1.56. The first-order chi connectivity index (χ1) is 8.78. The van der Waals surface area contributed by atoms with Crippen LogP contribution in [-0.4, -0.2) is 23.2 Å². The van der Waals surface area contributed by atoms with Crippen LogP contribution < -0.4 is 0 Å². The number of hydrogen-bond acceptors (Lipinski definition) is 5. The third-order valence-electron chi connectivity index (χ3n) is 2.51. The second-order valence-corrected chi connectivity index (χ2v) is 3.84. The Labute approximate surface area is 105 Å². The van der Waals surface area contributed by atoms with Gasteiger partial charge in [0, 0.05) is 6.42 Å². The SMILES string of the molecule is COC(=O)Cc1nc(CCc2ccccc2)no1. The van der Waals surface area contributed by atoms with Gasteiger partial charge in [-0.05, 0) is 12.0 Å². The quantitative estimate of drug-likeness (QED) is 0.749. The number of methoxy groups -OCH3 is 1. The molecule has 5 nitrogen and oxygen atoms in total. The lowest BCUT2D eigenvalue weighted by atomic mass is 10.1. The number of hydrogen-bond donors (Lipinski definition) is 0. The predicted molar refractivity (Wildman–Crippen MR) is 63.9 cm³/mol. The van der Waals surface area contributed by atoms with Crippen molar-refractivity contribution in [1.82, 2.24) is 10.1 Å². The molecule has 0 saturated carbocycles. The molecule has 0 saturated heterocycles. The minimum atomic E-state index is -0.381. The third-order valence-corrected chi connectivity index (χ3v) is 2.51. The van der Waals surface area contributed by atoms with E-state index in [-0.39, 0.29) is 12.4 Å². The molecule has 18 heavy (non-hydrogen) atoms. The Morgan fingerprint density at radius 2 is 2.06 bits per heavy atom. The van der Waals surface area contributed by atoms with E-state index in [9.17, 15) is 4.79 Å². The molecule has 0 atom stereocenters. The largest absolute Gasteiger partial charge is 0.469 e. The number of aryl methyl sites for hydroxylation is 2. The van der Waals surface area contributed by atoms with Gasteiger partial charge in [-0.2, -0.15) is 4.98 Å². The zero-order valence-electron chi connectivity index (χ0n) is 10.1. The number of ether oxygens (including phenoxy) is 1. The maximum atomic E-state index is 11.0. The Morgan fingerprint density at radius 1 is 1.28 bits per heavy atom. The molecule has 1 heterocycles. The highest BCUT2D eigenvalue weighted by molar-refractivity contribution is 5.70. The Bertz CT molecular complexity index is 508. The highest BCUT2D eigenvalue weighted by Crippen LogP contribution is 2.05. The van der Waals surface area contributed by atoms with E-state index in [2.05, 4.69) is 27.0 Å². The van der Waals surface area contributed by atoms with E-state index in [4.69, 9.17) is 4.52 Å². The summed E-state index contributed by atoms with van der Waals surface area (Å²) in [6, 6.07) is 10.1. The van der Waals surface area contributed by atoms with E-state index in [1.165, 1.54) is 12.7 Å². The Hall–Kier alpha value is -2.17. The van der Waals surface area contributed by atoms with E-state index < -0.39 is 0 Å². The van der Waals surface area contributed by atoms with E-state index >= 15 is 0 Å². The van der Waals surface area contributed by atoms with Crippen LogP contribution in [0.3, 0.4) is 0 Å². The van der Waals surface area contributed by atoms with E-state index in [0.717, 1.165) is 6.42 Å². The lowest BCUT2D eigenvalue weighted by Crippen LogP contribution is -2.04. The summed E-state index contributed by atoms with van der Waals surface area (Å²) in [5.74, 6) is 0.524. The van der Waals surface area contributed by atoms with Gasteiger partial charge < -0.3 is 9.26 Å². The van der Waals surface area contributed by atoms with Gasteiger partial charge in [0.1, 0.15) is 6.42 Å². The van der Waals surface area contributed by atoms with Gasteiger partial charge in [0.15, 0.2) is 5.82 Å². The molecule has 0 bridgehead atoms. The molecule has 94 valence electrons. The average Bonchev–Trinajstić information content (AvgIpc) is 2.85. The van der Waals surface area contributed by atoms with Crippen molar-refractivity contribution in [2.24, 2.45) is 0 Å². The molecule has 2 aromatic rings. The molecular formula is C13H14N2O3. The monoisotopic (exact) mass is 246 g/mol. The fourth-order valence-electron chi connectivity index (χ4n) is 1.56. The first-order valence-corrected chi connectivity index (χ1v) is 5.70. The first-order valence-electron chi connectivity index (χ1n) is 5.70. The summed E-state index contributed by atoms with van der Waals surface area (Å²) >= 11 is 0. The minimum absolute atomic E-state index is 0.0227. The van der Waals surface area contributed by atoms with Gasteiger partial charge in [0.05, 0.1) is 7.11 Å². The number of esters is 1. The number of aromatic nitrogens is 2. The smallest absolute Gasteiger partial charge is 0.315 e. The summed E-state index contributed by atoms with van der Waals surface area (Å²) in [5, 5.41) is 3.82. The fourth-order valence-corrected chi connectivity index (χ4v) is 1.56. The second-order valence-electron chi connectivity index (χ2n) is 3.84. The van der Waals surface area contributed by atoms with Crippen molar-refractivity contribution < 1.29 is 14.1 Å². The van der Waals surface area contributed by atoms with Crippen LogP contribution in [0.4, 0.5) is 0 Å². The van der Waals surface area contributed by atoms with Crippen LogP contribution in [0.25, 0.3) is 0 Å². The number of rotatable bonds is 5. The van der Waals surface area contributed by atoms with Gasteiger partial charge >= 0.3 is 5.97 Å². The van der Waals surface area contributed by atoms with Crippen molar-refractivity contribution >= 4 is 5.97 Å². The molecule has 0 fully saturated rings. The topological polar surface area (TPSA) is 65.2 Å². The van der Waals surface area contributed by atoms with Crippen LogP contribution in [-0.2, 0) is 28.8 Å². The molecule has 0 radical (unpaired) electrons. The maximum Gasteiger partial charge on any atom is 0.315 e. The van der Waals surface area contributed by atoms with Crippen LogP contribution >= 0.6 is 0 Å². The molecule has 1 aromatic carbocycles. The molecule has 0 aliphatic rings. The van der Waals surface area contributed by atoms with E-state index in [1.54, 1.807) is 0 Å². The minimum Gasteiger partial charge on any atom is -0.469 e. The number of carbonyl (C=O) groups excluding carboxylic acids is 1. The average molecular weight is 246 g/mol. The van der Waals surface area contributed by atoms with Gasteiger partial charge in [0.2, 0.25) is 5.89 Å². The molecule has 0 amide bonds. The lowest BCUT2D eigenvalue weighted by molar-refractivity contribution is -0.140.